The Bertz CT molecular complexity index is 1480. The number of pyridine rings is 1. The highest BCUT2D eigenvalue weighted by atomic mass is 19.4. The van der Waals surface area contributed by atoms with Crippen LogP contribution in [0.1, 0.15) is 34.8 Å². The number of hydrogen-bond acceptors (Lipinski definition) is 6. The van der Waals surface area contributed by atoms with Crippen LogP contribution in [0.3, 0.4) is 0 Å². The standard InChI is InChI=1S/C27H23F3N6O2/c1-3-24(37)33-21-12-18(11-19(13-21)27(28,29)30)25(38)34-20-7-6-16(2)23(14-20)36-26-32-10-8-22(35-26)17-5-4-9-31-15-17/h4-15H,3H2,1-2H3,(H,33,37)(H,34,38)(H,32,35,36). The molecular weight excluding hydrogens is 497 g/mol. The molecule has 0 radical (unpaired) electrons. The normalized spacial score (nSPS) is 11.1. The lowest BCUT2D eigenvalue weighted by Crippen LogP contribution is -2.16. The molecule has 0 unspecified atom stereocenters. The molecule has 2 aromatic carbocycles. The van der Waals surface area contributed by atoms with Crippen molar-refractivity contribution in [2.45, 2.75) is 26.4 Å². The van der Waals surface area contributed by atoms with Crippen LogP contribution in [0.4, 0.5) is 36.2 Å². The molecule has 0 aliphatic heterocycles. The van der Waals surface area contributed by atoms with Gasteiger partial charge in [-0.25, -0.2) is 9.97 Å². The van der Waals surface area contributed by atoms with Gasteiger partial charge >= 0.3 is 6.18 Å². The fourth-order valence-electron chi connectivity index (χ4n) is 3.50. The summed E-state index contributed by atoms with van der Waals surface area (Å²) >= 11 is 0. The molecule has 2 amide bonds. The first kappa shape index (κ1) is 26.3. The molecule has 0 fully saturated rings. The van der Waals surface area contributed by atoms with Crippen LogP contribution in [0, 0.1) is 6.92 Å². The van der Waals surface area contributed by atoms with Crippen LogP contribution in [0.25, 0.3) is 11.3 Å². The zero-order valence-corrected chi connectivity index (χ0v) is 20.4. The van der Waals surface area contributed by atoms with Crippen molar-refractivity contribution in [2.24, 2.45) is 0 Å². The van der Waals surface area contributed by atoms with E-state index in [1.807, 2.05) is 13.0 Å². The Morgan fingerprint density at radius 3 is 2.47 bits per heavy atom. The number of nitrogens with one attached hydrogen (secondary N) is 3. The third-order valence-electron chi connectivity index (χ3n) is 5.48. The number of aromatic nitrogens is 3. The van der Waals surface area contributed by atoms with Crippen molar-refractivity contribution in [1.29, 1.82) is 0 Å². The maximum absolute atomic E-state index is 13.4. The van der Waals surface area contributed by atoms with Gasteiger partial charge < -0.3 is 16.0 Å². The monoisotopic (exact) mass is 520 g/mol. The second-order valence-corrected chi connectivity index (χ2v) is 8.31. The molecule has 11 heteroatoms. The van der Waals surface area contributed by atoms with Gasteiger partial charge in [0.1, 0.15) is 0 Å². The van der Waals surface area contributed by atoms with Gasteiger partial charge in [-0.1, -0.05) is 13.0 Å². The van der Waals surface area contributed by atoms with Gasteiger partial charge in [0.05, 0.1) is 11.3 Å². The number of aryl methyl sites for hydroxylation is 1. The average Bonchev–Trinajstić information content (AvgIpc) is 2.90. The van der Waals surface area contributed by atoms with Crippen molar-refractivity contribution in [1.82, 2.24) is 15.0 Å². The van der Waals surface area contributed by atoms with E-state index in [0.29, 0.717) is 23.0 Å². The number of halogens is 3. The summed E-state index contributed by atoms with van der Waals surface area (Å²) in [6.45, 7) is 3.41. The Hall–Kier alpha value is -4.80. The van der Waals surface area contributed by atoms with Crippen molar-refractivity contribution in [3.8, 4) is 11.3 Å². The Morgan fingerprint density at radius 1 is 0.947 bits per heavy atom. The molecule has 0 saturated carbocycles. The van der Waals surface area contributed by atoms with Crippen LogP contribution in [0.2, 0.25) is 0 Å². The van der Waals surface area contributed by atoms with Crippen molar-refractivity contribution in [3.05, 3.63) is 89.9 Å². The summed E-state index contributed by atoms with van der Waals surface area (Å²) in [5, 5.41) is 8.10. The molecule has 4 aromatic rings. The van der Waals surface area contributed by atoms with E-state index in [4.69, 9.17) is 0 Å². The lowest BCUT2D eigenvalue weighted by molar-refractivity contribution is -0.137. The minimum absolute atomic E-state index is 0.0752. The summed E-state index contributed by atoms with van der Waals surface area (Å²) in [4.78, 5) is 37.5. The number of benzene rings is 2. The number of amides is 2. The highest BCUT2D eigenvalue weighted by Crippen LogP contribution is 2.32. The Morgan fingerprint density at radius 2 is 1.76 bits per heavy atom. The van der Waals surface area contributed by atoms with E-state index in [9.17, 15) is 22.8 Å². The fourth-order valence-corrected chi connectivity index (χ4v) is 3.50. The van der Waals surface area contributed by atoms with E-state index < -0.39 is 23.6 Å². The van der Waals surface area contributed by atoms with E-state index in [1.165, 1.54) is 6.07 Å². The van der Waals surface area contributed by atoms with Gasteiger partial charge in [-0.15, -0.1) is 0 Å². The quantitative estimate of drug-likeness (QED) is 0.267. The summed E-state index contributed by atoms with van der Waals surface area (Å²) < 4.78 is 40.3. The highest BCUT2D eigenvalue weighted by molar-refractivity contribution is 6.06. The largest absolute Gasteiger partial charge is 0.416 e. The highest BCUT2D eigenvalue weighted by Gasteiger charge is 2.32. The fraction of sp³-hybridized carbons (Fsp3) is 0.148. The van der Waals surface area contributed by atoms with Crippen molar-refractivity contribution in [3.63, 3.8) is 0 Å². The Labute approximate surface area is 216 Å². The maximum atomic E-state index is 13.4. The Kier molecular flexibility index (Phi) is 7.66. The molecule has 38 heavy (non-hydrogen) atoms. The first-order chi connectivity index (χ1) is 18.1. The molecule has 0 bridgehead atoms. The number of alkyl halides is 3. The zero-order valence-electron chi connectivity index (χ0n) is 20.4. The van der Waals surface area contributed by atoms with E-state index in [0.717, 1.165) is 23.3 Å². The zero-order chi connectivity index (χ0) is 27.3. The summed E-state index contributed by atoms with van der Waals surface area (Å²) in [5.74, 6) is -0.931. The molecule has 0 saturated heterocycles. The molecule has 2 heterocycles. The van der Waals surface area contributed by atoms with E-state index in [1.54, 1.807) is 55.8 Å². The topological polar surface area (TPSA) is 109 Å². The molecule has 194 valence electrons. The van der Waals surface area contributed by atoms with Gasteiger partial charge in [0.2, 0.25) is 11.9 Å². The second kappa shape index (κ2) is 11.1. The van der Waals surface area contributed by atoms with Crippen molar-refractivity contribution >= 4 is 34.8 Å². The molecule has 3 N–H and O–H groups in total. The summed E-state index contributed by atoms with van der Waals surface area (Å²) in [6.07, 6.45) is 0.315. The maximum Gasteiger partial charge on any atom is 0.416 e. The molecular formula is C27H23F3N6O2. The molecule has 8 nitrogen and oxygen atoms in total. The van der Waals surface area contributed by atoms with Gasteiger partial charge in [-0.3, -0.25) is 14.6 Å². The molecule has 0 aliphatic carbocycles. The SMILES string of the molecule is CCC(=O)Nc1cc(C(=O)Nc2ccc(C)c(Nc3nccc(-c4cccnc4)n3)c2)cc(C(F)(F)F)c1. The number of hydrogen-bond donors (Lipinski definition) is 3. The van der Waals surface area contributed by atoms with E-state index in [-0.39, 0.29) is 17.7 Å². The number of anilines is 4. The predicted octanol–water partition coefficient (Wildman–Crippen LogP) is 6.21. The Balaban J connectivity index is 1.57. The van der Waals surface area contributed by atoms with Gasteiger partial charge in [-0.2, -0.15) is 13.2 Å². The van der Waals surface area contributed by atoms with Crippen LogP contribution in [0.15, 0.2) is 73.2 Å². The lowest BCUT2D eigenvalue weighted by atomic mass is 10.1. The lowest BCUT2D eigenvalue weighted by Gasteiger charge is -2.14. The van der Waals surface area contributed by atoms with Crippen LogP contribution in [-0.4, -0.2) is 26.8 Å². The molecule has 0 spiro atoms. The van der Waals surface area contributed by atoms with Gasteiger partial charge in [-0.05, 0) is 61.0 Å². The van der Waals surface area contributed by atoms with Crippen LogP contribution in [-0.2, 0) is 11.0 Å². The molecule has 2 aromatic heterocycles. The van der Waals surface area contributed by atoms with Crippen LogP contribution in [0.5, 0.6) is 0 Å². The second-order valence-electron chi connectivity index (χ2n) is 8.31. The van der Waals surface area contributed by atoms with Crippen LogP contribution >= 0.6 is 0 Å². The van der Waals surface area contributed by atoms with Gasteiger partial charge in [0.25, 0.3) is 5.91 Å². The minimum atomic E-state index is -4.70. The number of carbonyl (C=O) groups is 2. The van der Waals surface area contributed by atoms with Gasteiger partial charge in [0.15, 0.2) is 0 Å². The minimum Gasteiger partial charge on any atom is -0.326 e. The average molecular weight is 521 g/mol. The van der Waals surface area contributed by atoms with Crippen LogP contribution < -0.4 is 16.0 Å². The van der Waals surface area contributed by atoms with E-state index >= 15 is 0 Å². The summed E-state index contributed by atoms with van der Waals surface area (Å²) in [6, 6.07) is 13.1. The first-order valence-electron chi connectivity index (χ1n) is 11.6. The molecule has 0 atom stereocenters. The summed E-state index contributed by atoms with van der Waals surface area (Å²) in [5.41, 5.74) is 1.80. The van der Waals surface area contributed by atoms with Crippen molar-refractivity contribution < 1.29 is 22.8 Å². The number of carbonyl (C=O) groups excluding carboxylic acids is 2. The predicted molar refractivity (Wildman–Crippen MR) is 138 cm³/mol. The molecule has 0 aliphatic rings. The van der Waals surface area contributed by atoms with Crippen molar-refractivity contribution in [2.75, 3.05) is 16.0 Å². The molecule has 4 rings (SSSR count). The van der Waals surface area contributed by atoms with Gasteiger partial charge in [0, 0.05) is 53.2 Å². The number of rotatable bonds is 7. The smallest absolute Gasteiger partial charge is 0.326 e. The third kappa shape index (κ3) is 6.49. The van der Waals surface area contributed by atoms with E-state index in [2.05, 4.69) is 30.9 Å². The first-order valence-corrected chi connectivity index (χ1v) is 11.6. The summed E-state index contributed by atoms with van der Waals surface area (Å²) in [7, 11) is 0. The third-order valence-corrected chi connectivity index (χ3v) is 5.48. The number of nitrogens with zero attached hydrogens (tertiary/aromatic N) is 3.